The summed E-state index contributed by atoms with van der Waals surface area (Å²) in [5.41, 5.74) is 0.950. The fraction of sp³-hybridized carbons (Fsp3) is 0.429. The summed E-state index contributed by atoms with van der Waals surface area (Å²) in [5.74, 6) is -0.875. The molecule has 1 aliphatic rings. The maximum Gasteiger partial charge on any atom is 0.317 e. The lowest BCUT2D eigenvalue weighted by Gasteiger charge is -2.15. The monoisotopic (exact) mass is 232 g/mol. The Kier molecular flexibility index (Phi) is 3.57. The van der Waals surface area contributed by atoms with Crippen molar-refractivity contribution < 1.29 is 14.3 Å². The molecule has 3 heteroatoms. The molecule has 0 radical (unpaired) electrons. The molecule has 0 heterocycles. The van der Waals surface area contributed by atoms with Gasteiger partial charge in [-0.15, -0.1) is 0 Å². The van der Waals surface area contributed by atoms with Crippen LogP contribution >= 0.6 is 0 Å². The molecule has 0 bridgehead atoms. The average Bonchev–Trinajstić information content (AvgIpc) is 2.76. The van der Waals surface area contributed by atoms with E-state index >= 15 is 0 Å². The number of esters is 1. The largest absolute Gasteiger partial charge is 0.457 e. The topological polar surface area (TPSA) is 43.4 Å². The van der Waals surface area contributed by atoms with Gasteiger partial charge < -0.3 is 4.74 Å². The van der Waals surface area contributed by atoms with Gasteiger partial charge in [0.25, 0.3) is 0 Å². The molecule has 0 amide bonds. The lowest BCUT2D eigenvalue weighted by molar-refractivity contribution is -0.155. The van der Waals surface area contributed by atoms with Crippen molar-refractivity contribution in [2.45, 2.75) is 32.3 Å². The molecule has 0 aliphatic heterocycles. The van der Waals surface area contributed by atoms with E-state index in [1.54, 1.807) is 0 Å². The van der Waals surface area contributed by atoms with Crippen molar-refractivity contribution >= 4 is 11.8 Å². The number of hydrogen-bond acceptors (Lipinski definition) is 3. The summed E-state index contributed by atoms with van der Waals surface area (Å²) >= 11 is 0. The first-order valence-electron chi connectivity index (χ1n) is 5.96. The second-order valence-corrected chi connectivity index (χ2v) is 4.40. The first-order valence-corrected chi connectivity index (χ1v) is 5.96. The zero-order chi connectivity index (χ0) is 12.3. The van der Waals surface area contributed by atoms with Crippen LogP contribution in [0.15, 0.2) is 30.3 Å². The maximum absolute atomic E-state index is 11.8. The molecular formula is C14H16O3. The minimum absolute atomic E-state index is 0.0234. The Labute approximate surface area is 101 Å². The first kappa shape index (κ1) is 11.8. The molecule has 90 valence electrons. The van der Waals surface area contributed by atoms with E-state index in [4.69, 9.17) is 4.74 Å². The Morgan fingerprint density at radius 2 is 2.06 bits per heavy atom. The Morgan fingerprint density at radius 3 is 2.65 bits per heavy atom. The number of Topliss-reactive ketones (excluding diaryl/α,β-unsaturated/α-hetero) is 1. The maximum atomic E-state index is 11.8. The van der Waals surface area contributed by atoms with Crippen molar-refractivity contribution in [2.75, 3.05) is 0 Å². The summed E-state index contributed by atoms with van der Waals surface area (Å²) in [4.78, 5) is 23.2. The van der Waals surface area contributed by atoms with Gasteiger partial charge in [-0.3, -0.25) is 9.59 Å². The Morgan fingerprint density at radius 1 is 1.35 bits per heavy atom. The van der Waals surface area contributed by atoms with Crippen molar-refractivity contribution in [3.63, 3.8) is 0 Å². The third-order valence-electron chi connectivity index (χ3n) is 3.15. The normalized spacial score (nSPS) is 21.2. The summed E-state index contributed by atoms with van der Waals surface area (Å²) in [5, 5.41) is 0. The van der Waals surface area contributed by atoms with Crippen molar-refractivity contribution in [3.8, 4) is 0 Å². The Balaban J connectivity index is 1.97. The molecule has 17 heavy (non-hydrogen) atoms. The van der Waals surface area contributed by atoms with Crippen LogP contribution in [0, 0.1) is 5.92 Å². The van der Waals surface area contributed by atoms with Crippen molar-refractivity contribution in [2.24, 2.45) is 5.92 Å². The number of carbonyl (C=O) groups excluding carboxylic acids is 2. The van der Waals surface area contributed by atoms with Crippen LogP contribution in [0.4, 0.5) is 0 Å². The van der Waals surface area contributed by atoms with Crippen molar-refractivity contribution in [1.29, 1.82) is 0 Å². The van der Waals surface area contributed by atoms with E-state index in [1.807, 2.05) is 37.3 Å². The van der Waals surface area contributed by atoms with Gasteiger partial charge in [0.15, 0.2) is 0 Å². The van der Waals surface area contributed by atoms with Crippen LogP contribution in [-0.4, -0.2) is 11.8 Å². The fourth-order valence-corrected chi connectivity index (χ4v) is 2.11. The molecule has 0 saturated heterocycles. The predicted molar refractivity (Wildman–Crippen MR) is 63.3 cm³/mol. The predicted octanol–water partition coefficient (Wildman–Crippen LogP) is 2.66. The summed E-state index contributed by atoms with van der Waals surface area (Å²) in [6, 6.07) is 9.54. The molecule has 0 aromatic heterocycles. The fourth-order valence-electron chi connectivity index (χ4n) is 2.11. The van der Waals surface area contributed by atoms with Gasteiger partial charge >= 0.3 is 5.97 Å². The molecule has 3 nitrogen and oxygen atoms in total. The van der Waals surface area contributed by atoms with Gasteiger partial charge in [0.2, 0.25) is 0 Å². The van der Waals surface area contributed by atoms with Crippen LogP contribution in [0.1, 0.15) is 37.9 Å². The van der Waals surface area contributed by atoms with Crippen molar-refractivity contribution in [1.82, 2.24) is 0 Å². The standard InChI is InChI=1S/C14H16O3/c1-10(11-6-3-2-4-7-11)17-14(16)12-8-5-9-13(12)15/h2-4,6-7,10,12H,5,8-9H2,1H3/t10-,12?/m1/s1. The van der Waals surface area contributed by atoms with Gasteiger partial charge in [0.1, 0.15) is 17.8 Å². The summed E-state index contributed by atoms with van der Waals surface area (Å²) < 4.78 is 5.33. The second kappa shape index (κ2) is 5.13. The van der Waals surface area contributed by atoms with Crippen LogP contribution in [0.2, 0.25) is 0 Å². The molecule has 2 atom stereocenters. The van der Waals surface area contributed by atoms with Crippen LogP contribution in [0.25, 0.3) is 0 Å². The van der Waals surface area contributed by atoms with E-state index in [1.165, 1.54) is 0 Å². The van der Waals surface area contributed by atoms with Crippen LogP contribution in [-0.2, 0) is 14.3 Å². The average molecular weight is 232 g/mol. The zero-order valence-electron chi connectivity index (χ0n) is 9.89. The van der Waals surface area contributed by atoms with Crippen molar-refractivity contribution in [3.05, 3.63) is 35.9 Å². The molecule has 0 spiro atoms. The van der Waals surface area contributed by atoms with Crippen LogP contribution in [0.3, 0.4) is 0 Å². The van der Waals surface area contributed by atoms with Gasteiger partial charge in [-0.1, -0.05) is 30.3 Å². The van der Waals surface area contributed by atoms with E-state index in [2.05, 4.69) is 0 Å². The number of benzene rings is 1. The van der Waals surface area contributed by atoms with E-state index < -0.39 is 5.92 Å². The second-order valence-electron chi connectivity index (χ2n) is 4.40. The molecule has 1 aliphatic carbocycles. The smallest absolute Gasteiger partial charge is 0.317 e. The number of hydrogen-bond donors (Lipinski definition) is 0. The van der Waals surface area contributed by atoms with Gasteiger partial charge in [-0.2, -0.15) is 0 Å². The summed E-state index contributed by atoms with van der Waals surface area (Å²) in [6.45, 7) is 1.83. The quantitative estimate of drug-likeness (QED) is 0.594. The molecule has 1 unspecified atom stereocenters. The molecule has 0 N–H and O–H groups in total. The minimum atomic E-state index is -0.527. The highest BCUT2D eigenvalue weighted by Gasteiger charge is 2.33. The third-order valence-corrected chi connectivity index (χ3v) is 3.15. The molecule has 1 saturated carbocycles. The highest BCUT2D eigenvalue weighted by atomic mass is 16.5. The van der Waals surface area contributed by atoms with Gasteiger partial charge in [0.05, 0.1) is 0 Å². The third kappa shape index (κ3) is 2.73. The molecule has 2 rings (SSSR count). The number of rotatable bonds is 3. The van der Waals surface area contributed by atoms with Gasteiger partial charge in [0, 0.05) is 6.42 Å². The Hall–Kier alpha value is -1.64. The SMILES string of the molecule is C[C@@H](OC(=O)C1CCCC1=O)c1ccccc1. The number of ether oxygens (including phenoxy) is 1. The first-order chi connectivity index (χ1) is 8.18. The molecular weight excluding hydrogens is 216 g/mol. The van der Waals surface area contributed by atoms with Gasteiger partial charge in [-0.05, 0) is 25.3 Å². The zero-order valence-corrected chi connectivity index (χ0v) is 9.89. The minimum Gasteiger partial charge on any atom is -0.457 e. The highest BCUT2D eigenvalue weighted by molar-refractivity contribution is 6.00. The van der Waals surface area contributed by atoms with E-state index in [-0.39, 0.29) is 17.9 Å². The molecule has 1 aromatic rings. The number of ketones is 1. The number of carbonyl (C=O) groups is 2. The summed E-state index contributed by atoms with van der Waals surface area (Å²) in [7, 11) is 0. The van der Waals surface area contributed by atoms with E-state index in [0.29, 0.717) is 12.8 Å². The Bertz CT molecular complexity index is 411. The van der Waals surface area contributed by atoms with Crippen LogP contribution in [0.5, 0.6) is 0 Å². The lowest BCUT2D eigenvalue weighted by atomic mass is 10.1. The molecule has 1 fully saturated rings. The van der Waals surface area contributed by atoms with E-state index in [0.717, 1.165) is 12.0 Å². The van der Waals surface area contributed by atoms with Crippen LogP contribution < -0.4 is 0 Å². The van der Waals surface area contributed by atoms with E-state index in [9.17, 15) is 9.59 Å². The summed E-state index contributed by atoms with van der Waals surface area (Å²) in [6.07, 6.45) is 1.66. The highest BCUT2D eigenvalue weighted by Crippen LogP contribution is 2.25. The molecule has 1 aromatic carbocycles. The lowest BCUT2D eigenvalue weighted by Crippen LogP contribution is -2.22. The van der Waals surface area contributed by atoms with Gasteiger partial charge in [-0.25, -0.2) is 0 Å².